The van der Waals surface area contributed by atoms with Gasteiger partial charge in [0.25, 0.3) is 0 Å². The Balaban J connectivity index is 2.12. The molecule has 3 unspecified atom stereocenters. The number of rotatable bonds is 3. The molecule has 1 aliphatic rings. The molecule has 2 nitrogen and oxygen atoms in total. The van der Waals surface area contributed by atoms with Crippen LogP contribution in [0.25, 0.3) is 0 Å². The number of nitriles is 1. The first-order valence-electron chi connectivity index (χ1n) is 4.47. The third kappa shape index (κ3) is 3.04. The number of nitrogens with one attached hydrogen (secondary N) is 1. The third-order valence-corrected chi connectivity index (χ3v) is 3.49. The molecule has 0 aliphatic carbocycles. The van der Waals surface area contributed by atoms with Crippen LogP contribution in [0, 0.1) is 17.2 Å². The van der Waals surface area contributed by atoms with Crippen LogP contribution < -0.4 is 5.32 Å². The summed E-state index contributed by atoms with van der Waals surface area (Å²) in [6.45, 7) is 5.06. The van der Waals surface area contributed by atoms with Crippen molar-refractivity contribution in [3.63, 3.8) is 0 Å². The molecule has 12 heavy (non-hydrogen) atoms. The Morgan fingerprint density at radius 3 is 3.00 bits per heavy atom. The number of thioether (sulfide) groups is 1. The van der Waals surface area contributed by atoms with Gasteiger partial charge in [0, 0.05) is 23.6 Å². The van der Waals surface area contributed by atoms with Gasteiger partial charge in [-0.3, -0.25) is 0 Å². The maximum atomic E-state index is 8.57. The van der Waals surface area contributed by atoms with Crippen LogP contribution >= 0.6 is 11.8 Å². The molecular weight excluding hydrogens is 168 g/mol. The highest BCUT2D eigenvalue weighted by molar-refractivity contribution is 8.00. The maximum absolute atomic E-state index is 8.57. The Morgan fingerprint density at radius 1 is 1.75 bits per heavy atom. The lowest BCUT2D eigenvalue weighted by molar-refractivity contribution is 0.505. The van der Waals surface area contributed by atoms with Gasteiger partial charge in [-0.15, -0.1) is 0 Å². The third-order valence-electron chi connectivity index (χ3n) is 2.13. The molecule has 0 radical (unpaired) electrons. The summed E-state index contributed by atoms with van der Waals surface area (Å²) in [5.74, 6) is 1.35. The predicted octanol–water partition coefficient (Wildman–Crippen LogP) is 1.63. The van der Waals surface area contributed by atoms with E-state index in [1.807, 2.05) is 18.7 Å². The summed E-state index contributed by atoms with van der Waals surface area (Å²) in [5, 5.41) is 12.8. The van der Waals surface area contributed by atoms with Gasteiger partial charge in [-0.05, 0) is 13.3 Å². The molecule has 1 heterocycles. The summed E-state index contributed by atoms with van der Waals surface area (Å²) >= 11 is 2.02. The normalized spacial score (nSPS) is 31.4. The minimum atomic E-state index is 0.144. The molecule has 1 aliphatic heterocycles. The summed E-state index contributed by atoms with van der Waals surface area (Å²) in [6, 6.07) is 2.87. The molecular formula is C9H16N2S. The Labute approximate surface area is 78.7 Å². The quantitative estimate of drug-likeness (QED) is 0.724. The highest BCUT2D eigenvalue weighted by atomic mass is 32.2. The van der Waals surface area contributed by atoms with Gasteiger partial charge < -0.3 is 5.32 Å². The van der Waals surface area contributed by atoms with Crippen molar-refractivity contribution in [1.82, 2.24) is 5.32 Å². The van der Waals surface area contributed by atoms with Crippen molar-refractivity contribution in [2.45, 2.75) is 31.6 Å². The van der Waals surface area contributed by atoms with Gasteiger partial charge in [-0.1, -0.05) is 6.92 Å². The zero-order valence-electron chi connectivity index (χ0n) is 7.71. The van der Waals surface area contributed by atoms with E-state index in [1.165, 1.54) is 12.2 Å². The minimum Gasteiger partial charge on any atom is -0.312 e. The van der Waals surface area contributed by atoms with E-state index in [2.05, 4.69) is 18.3 Å². The number of hydrogen-bond donors (Lipinski definition) is 1. The first-order chi connectivity index (χ1) is 5.72. The lowest BCUT2D eigenvalue weighted by atomic mass is 10.1. The zero-order valence-corrected chi connectivity index (χ0v) is 8.53. The topological polar surface area (TPSA) is 35.8 Å². The van der Waals surface area contributed by atoms with Gasteiger partial charge in [-0.25, -0.2) is 0 Å². The molecule has 0 aromatic carbocycles. The summed E-state index contributed by atoms with van der Waals surface area (Å²) < 4.78 is 0. The molecule has 0 spiro atoms. The van der Waals surface area contributed by atoms with Crippen molar-refractivity contribution in [3.05, 3.63) is 0 Å². The van der Waals surface area contributed by atoms with Gasteiger partial charge in [0.2, 0.25) is 0 Å². The van der Waals surface area contributed by atoms with Gasteiger partial charge in [-0.2, -0.15) is 17.0 Å². The second-order valence-electron chi connectivity index (χ2n) is 3.51. The van der Waals surface area contributed by atoms with Crippen molar-refractivity contribution in [2.24, 2.45) is 5.92 Å². The van der Waals surface area contributed by atoms with Crippen molar-refractivity contribution in [3.8, 4) is 6.07 Å². The van der Waals surface area contributed by atoms with E-state index in [1.54, 1.807) is 0 Å². The second-order valence-corrected chi connectivity index (χ2v) is 4.99. The second kappa shape index (κ2) is 4.74. The summed E-state index contributed by atoms with van der Waals surface area (Å²) in [5.41, 5.74) is 0. The lowest BCUT2D eigenvalue weighted by Crippen LogP contribution is -2.32. The zero-order chi connectivity index (χ0) is 8.97. The SMILES string of the molecule is CC(C#N)CNC1CSC(C)C1. The van der Waals surface area contributed by atoms with Crippen LogP contribution in [-0.4, -0.2) is 23.6 Å². The molecule has 1 N–H and O–H groups in total. The summed E-state index contributed by atoms with van der Waals surface area (Å²) in [6.07, 6.45) is 1.25. The van der Waals surface area contributed by atoms with Crippen LogP contribution in [0.3, 0.4) is 0 Å². The number of hydrogen-bond acceptors (Lipinski definition) is 3. The van der Waals surface area contributed by atoms with Crippen LogP contribution in [-0.2, 0) is 0 Å². The molecule has 68 valence electrons. The van der Waals surface area contributed by atoms with E-state index < -0.39 is 0 Å². The van der Waals surface area contributed by atoms with E-state index in [4.69, 9.17) is 5.26 Å². The Morgan fingerprint density at radius 2 is 2.50 bits per heavy atom. The fraction of sp³-hybridized carbons (Fsp3) is 0.889. The van der Waals surface area contributed by atoms with Gasteiger partial charge >= 0.3 is 0 Å². The minimum absolute atomic E-state index is 0.144. The van der Waals surface area contributed by atoms with Crippen LogP contribution in [0.4, 0.5) is 0 Å². The largest absolute Gasteiger partial charge is 0.312 e. The molecule has 0 saturated carbocycles. The molecule has 0 aromatic heterocycles. The Bertz CT molecular complexity index is 176. The van der Waals surface area contributed by atoms with Gasteiger partial charge in [0.1, 0.15) is 0 Å². The summed E-state index contributed by atoms with van der Waals surface area (Å²) in [7, 11) is 0. The molecule has 3 heteroatoms. The predicted molar refractivity (Wildman–Crippen MR) is 53.1 cm³/mol. The number of nitrogens with zero attached hydrogens (tertiary/aromatic N) is 1. The van der Waals surface area contributed by atoms with E-state index in [-0.39, 0.29) is 5.92 Å². The first kappa shape index (κ1) is 9.88. The molecule has 0 aromatic rings. The Hall–Kier alpha value is -0.200. The molecule has 0 amide bonds. The van der Waals surface area contributed by atoms with E-state index in [9.17, 15) is 0 Å². The maximum Gasteiger partial charge on any atom is 0.0666 e. The van der Waals surface area contributed by atoms with Crippen LogP contribution in [0.1, 0.15) is 20.3 Å². The highest BCUT2D eigenvalue weighted by Gasteiger charge is 2.21. The molecule has 1 saturated heterocycles. The fourth-order valence-corrected chi connectivity index (χ4v) is 2.53. The van der Waals surface area contributed by atoms with E-state index in [0.29, 0.717) is 6.04 Å². The molecule has 1 rings (SSSR count). The molecule has 3 atom stereocenters. The van der Waals surface area contributed by atoms with Crippen molar-refractivity contribution < 1.29 is 0 Å². The smallest absolute Gasteiger partial charge is 0.0666 e. The summed E-state index contributed by atoms with van der Waals surface area (Å²) in [4.78, 5) is 0. The standard InChI is InChI=1S/C9H16N2S/c1-7(4-10)5-11-9-3-8(2)12-6-9/h7-9,11H,3,5-6H2,1-2H3. The van der Waals surface area contributed by atoms with E-state index in [0.717, 1.165) is 11.8 Å². The fourth-order valence-electron chi connectivity index (χ4n) is 1.35. The van der Waals surface area contributed by atoms with Crippen molar-refractivity contribution >= 4 is 11.8 Å². The molecule has 1 fully saturated rings. The van der Waals surface area contributed by atoms with Crippen molar-refractivity contribution in [1.29, 1.82) is 5.26 Å². The van der Waals surface area contributed by atoms with Crippen LogP contribution in [0.15, 0.2) is 0 Å². The monoisotopic (exact) mass is 184 g/mol. The van der Waals surface area contributed by atoms with E-state index >= 15 is 0 Å². The van der Waals surface area contributed by atoms with Gasteiger partial charge in [0.15, 0.2) is 0 Å². The van der Waals surface area contributed by atoms with Gasteiger partial charge in [0.05, 0.1) is 12.0 Å². The first-order valence-corrected chi connectivity index (χ1v) is 5.52. The van der Waals surface area contributed by atoms with Crippen LogP contribution in [0.5, 0.6) is 0 Å². The van der Waals surface area contributed by atoms with Crippen LogP contribution in [0.2, 0.25) is 0 Å². The Kier molecular flexibility index (Phi) is 3.90. The lowest BCUT2D eigenvalue weighted by Gasteiger charge is -2.11. The average molecular weight is 184 g/mol. The molecule has 0 bridgehead atoms. The average Bonchev–Trinajstić information content (AvgIpc) is 2.47. The van der Waals surface area contributed by atoms with Crippen molar-refractivity contribution in [2.75, 3.05) is 12.3 Å². The highest BCUT2D eigenvalue weighted by Crippen LogP contribution is 2.25.